The lowest BCUT2D eigenvalue weighted by atomic mass is 9.87. The van der Waals surface area contributed by atoms with Crippen molar-refractivity contribution in [3.8, 4) is 0 Å². The number of hydrogen-bond acceptors (Lipinski definition) is 2. The number of hydrogen-bond donors (Lipinski definition) is 1. The summed E-state index contributed by atoms with van der Waals surface area (Å²) in [5.41, 5.74) is 2.96. The van der Waals surface area contributed by atoms with Crippen LogP contribution < -0.4 is 5.32 Å². The highest BCUT2D eigenvalue weighted by atomic mass is 15.1. The number of rotatable bonds is 5. The van der Waals surface area contributed by atoms with Gasteiger partial charge in [0.2, 0.25) is 0 Å². The van der Waals surface area contributed by atoms with Crippen molar-refractivity contribution in [2.24, 2.45) is 0 Å². The summed E-state index contributed by atoms with van der Waals surface area (Å²) in [7, 11) is 2.09. The van der Waals surface area contributed by atoms with Gasteiger partial charge in [-0.25, -0.2) is 0 Å². The average molecular weight is 327 g/mol. The molecule has 0 aromatic heterocycles. The zero-order valence-corrected chi connectivity index (χ0v) is 15.7. The normalized spacial score (nSPS) is 20.0. The Bertz CT molecular complexity index is 510. The van der Waals surface area contributed by atoms with Gasteiger partial charge in [0, 0.05) is 18.5 Å². The van der Waals surface area contributed by atoms with Crippen LogP contribution in [0.15, 0.2) is 54.1 Å². The molecule has 1 atom stereocenters. The maximum Gasteiger partial charge on any atom is 0.0214 e. The Kier molecular flexibility index (Phi) is 8.27. The third-order valence-electron chi connectivity index (χ3n) is 5.06. The number of nitrogens with zero attached hydrogens (tertiary/aromatic N) is 1. The summed E-state index contributed by atoms with van der Waals surface area (Å²) in [5.74, 6) is 0.517. The number of allylic oxidation sites excluding steroid dienone is 3. The lowest BCUT2D eigenvalue weighted by Gasteiger charge is -2.35. The fraction of sp³-hybridized carbons (Fsp3) is 0.545. The van der Waals surface area contributed by atoms with Crippen LogP contribution in [0.3, 0.4) is 0 Å². The minimum absolute atomic E-state index is 0.517. The lowest BCUT2D eigenvalue weighted by Crippen LogP contribution is -2.42. The molecule has 2 heteroatoms. The van der Waals surface area contributed by atoms with E-state index in [2.05, 4.69) is 65.8 Å². The standard InChI is InChI=1S/C20H28N2.C2H6/c1-21-19-12-14-22(15-13-19)16-20(17-8-4-2-5-9-17)18-10-6-3-7-11-18;1-2/h2,4-6,8-11,19-21H,3,7,12-16H2,1H3;1-2H3. The van der Waals surface area contributed by atoms with E-state index in [4.69, 9.17) is 0 Å². The van der Waals surface area contributed by atoms with E-state index >= 15 is 0 Å². The van der Waals surface area contributed by atoms with Gasteiger partial charge in [-0.2, -0.15) is 0 Å². The highest BCUT2D eigenvalue weighted by molar-refractivity contribution is 5.37. The molecule has 132 valence electrons. The van der Waals surface area contributed by atoms with E-state index in [1.165, 1.54) is 49.9 Å². The van der Waals surface area contributed by atoms with Gasteiger partial charge in [0.1, 0.15) is 0 Å². The Morgan fingerprint density at radius 3 is 2.38 bits per heavy atom. The Hall–Kier alpha value is -1.38. The molecule has 1 aromatic carbocycles. The Morgan fingerprint density at radius 1 is 1.08 bits per heavy atom. The average Bonchev–Trinajstić information content (AvgIpc) is 2.69. The molecule has 0 spiro atoms. The first-order chi connectivity index (χ1) is 11.9. The van der Waals surface area contributed by atoms with Crippen molar-refractivity contribution in [3.05, 3.63) is 59.7 Å². The first-order valence-corrected chi connectivity index (χ1v) is 9.68. The van der Waals surface area contributed by atoms with E-state index in [-0.39, 0.29) is 0 Å². The monoisotopic (exact) mass is 326 g/mol. The second kappa shape index (κ2) is 10.5. The molecule has 0 amide bonds. The third-order valence-corrected chi connectivity index (χ3v) is 5.06. The van der Waals surface area contributed by atoms with Crippen LogP contribution in [-0.4, -0.2) is 37.6 Å². The molecule has 3 rings (SSSR count). The van der Waals surface area contributed by atoms with Gasteiger partial charge < -0.3 is 10.2 Å². The molecule has 2 nitrogen and oxygen atoms in total. The van der Waals surface area contributed by atoms with Crippen LogP contribution in [0.25, 0.3) is 0 Å². The van der Waals surface area contributed by atoms with Crippen LogP contribution in [0.1, 0.15) is 51.0 Å². The van der Waals surface area contributed by atoms with Crippen molar-refractivity contribution in [1.29, 1.82) is 0 Å². The van der Waals surface area contributed by atoms with Gasteiger partial charge in [0.05, 0.1) is 0 Å². The SMILES string of the molecule is CC.CNC1CCN(CC(C2=CCCC=C2)c2ccccc2)CC1. The number of likely N-dealkylation sites (tertiary alicyclic amines) is 1. The highest BCUT2D eigenvalue weighted by Crippen LogP contribution is 2.30. The molecular weight excluding hydrogens is 292 g/mol. The molecular formula is C22H34N2. The summed E-state index contributed by atoms with van der Waals surface area (Å²) in [5, 5.41) is 3.42. The molecule has 0 saturated carbocycles. The summed E-state index contributed by atoms with van der Waals surface area (Å²) in [4.78, 5) is 2.65. The first-order valence-electron chi connectivity index (χ1n) is 9.68. The number of benzene rings is 1. The van der Waals surface area contributed by atoms with E-state index in [0.717, 1.165) is 6.54 Å². The molecule has 1 heterocycles. The fourth-order valence-electron chi connectivity index (χ4n) is 3.64. The molecule has 1 aromatic rings. The fourth-order valence-corrected chi connectivity index (χ4v) is 3.64. The first kappa shape index (κ1) is 19.0. The molecule has 0 radical (unpaired) electrons. The van der Waals surface area contributed by atoms with E-state index in [9.17, 15) is 0 Å². The van der Waals surface area contributed by atoms with Crippen molar-refractivity contribution in [2.45, 2.75) is 51.5 Å². The summed E-state index contributed by atoms with van der Waals surface area (Å²) in [6, 6.07) is 11.7. The summed E-state index contributed by atoms with van der Waals surface area (Å²) in [6.45, 7) is 7.58. The van der Waals surface area contributed by atoms with Crippen molar-refractivity contribution < 1.29 is 0 Å². The van der Waals surface area contributed by atoms with E-state index < -0.39 is 0 Å². The van der Waals surface area contributed by atoms with Gasteiger partial charge in [0.25, 0.3) is 0 Å². The summed E-state index contributed by atoms with van der Waals surface area (Å²) < 4.78 is 0. The van der Waals surface area contributed by atoms with E-state index in [1.807, 2.05) is 13.8 Å². The van der Waals surface area contributed by atoms with Gasteiger partial charge in [-0.05, 0) is 57.0 Å². The van der Waals surface area contributed by atoms with Crippen LogP contribution >= 0.6 is 0 Å². The van der Waals surface area contributed by atoms with Crippen LogP contribution in [-0.2, 0) is 0 Å². The molecule has 1 saturated heterocycles. The Morgan fingerprint density at radius 2 is 1.79 bits per heavy atom. The van der Waals surface area contributed by atoms with E-state index in [0.29, 0.717) is 12.0 Å². The van der Waals surface area contributed by atoms with Gasteiger partial charge in [0.15, 0.2) is 0 Å². The highest BCUT2D eigenvalue weighted by Gasteiger charge is 2.23. The minimum atomic E-state index is 0.517. The van der Waals surface area contributed by atoms with Crippen LogP contribution in [0.5, 0.6) is 0 Å². The predicted molar refractivity (Wildman–Crippen MR) is 106 cm³/mol. The quantitative estimate of drug-likeness (QED) is 0.839. The van der Waals surface area contributed by atoms with E-state index in [1.54, 1.807) is 0 Å². The second-order valence-corrected chi connectivity index (χ2v) is 6.51. The molecule has 0 bridgehead atoms. The predicted octanol–water partition coefficient (Wildman–Crippen LogP) is 4.76. The minimum Gasteiger partial charge on any atom is -0.317 e. The summed E-state index contributed by atoms with van der Waals surface area (Å²) >= 11 is 0. The second-order valence-electron chi connectivity index (χ2n) is 6.51. The topological polar surface area (TPSA) is 15.3 Å². The molecule has 1 fully saturated rings. The molecule has 1 N–H and O–H groups in total. The van der Waals surface area contributed by atoms with Crippen molar-refractivity contribution in [1.82, 2.24) is 10.2 Å². The zero-order valence-electron chi connectivity index (χ0n) is 15.7. The van der Waals surface area contributed by atoms with Gasteiger partial charge in [-0.15, -0.1) is 0 Å². The summed E-state index contributed by atoms with van der Waals surface area (Å²) in [6.07, 6.45) is 12.0. The molecule has 1 unspecified atom stereocenters. The maximum absolute atomic E-state index is 3.42. The van der Waals surface area contributed by atoms with Crippen LogP contribution in [0.4, 0.5) is 0 Å². The smallest absolute Gasteiger partial charge is 0.0214 e. The van der Waals surface area contributed by atoms with Gasteiger partial charge in [-0.1, -0.05) is 62.4 Å². The van der Waals surface area contributed by atoms with Crippen molar-refractivity contribution in [2.75, 3.05) is 26.7 Å². The van der Waals surface area contributed by atoms with Crippen LogP contribution in [0.2, 0.25) is 0 Å². The van der Waals surface area contributed by atoms with Crippen molar-refractivity contribution >= 4 is 0 Å². The van der Waals surface area contributed by atoms with Crippen LogP contribution in [0, 0.1) is 0 Å². The van der Waals surface area contributed by atoms with Crippen molar-refractivity contribution in [3.63, 3.8) is 0 Å². The Labute approximate surface area is 148 Å². The van der Waals surface area contributed by atoms with Gasteiger partial charge >= 0.3 is 0 Å². The largest absolute Gasteiger partial charge is 0.317 e. The molecule has 1 aliphatic carbocycles. The third kappa shape index (κ3) is 5.32. The zero-order chi connectivity index (χ0) is 17.2. The number of piperidine rings is 1. The lowest BCUT2D eigenvalue weighted by molar-refractivity contribution is 0.196. The maximum atomic E-state index is 3.42. The molecule has 1 aliphatic heterocycles. The van der Waals surface area contributed by atoms with Gasteiger partial charge in [-0.3, -0.25) is 0 Å². The molecule has 2 aliphatic rings. The molecule has 24 heavy (non-hydrogen) atoms. The number of nitrogens with one attached hydrogen (secondary N) is 1. The Balaban J connectivity index is 0.00000100.